The van der Waals surface area contributed by atoms with Crippen molar-refractivity contribution in [1.29, 1.82) is 0 Å². The highest BCUT2D eigenvalue weighted by Crippen LogP contribution is 2.35. The molecule has 3 rings (SSSR count). The van der Waals surface area contributed by atoms with E-state index < -0.39 is 16.1 Å². The lowest BCUT2D eigenvalue weighted by atomic mass is 10.1. The second-order valence-electron chi connectivity index (χ2n) is 9.62. The van der Waals surface area contributed by atoms with E-state index in [2.05, 4.69) is 5.32 Å². The van der Waals surface area contributed by atoms with Crippen LogP contribution in [0.15, 0.2) is 42.5 Å². The molecule has 0 radical (unpaired) electrons. The van der Waals surface area contributed by atoms with E-state index in [-0.39, 0.29) is 43.8 Å². The standard InChI is InChI=1S/C28H38ClN3O6S/c1-5-20(3)30-28(34)24(6-2)31(19-21-10-7-8-11-23(21)29)27(33)12-9-15-32(39(4,35)36)22-13-14-25-26(18-22)38-17-16-37-25/h7-8,10-11,13-14,18,20,24H,5-6,9,12,15-17,19H2,1-4H3,(H,30,34)/t20-,24-/m1/s1. The van der Waals surface area contributed by atoms with Gasteiger partial charge < -0.3 is 19.7 Å². The molecule has 2 atom stereocenters. The first-order chi connectivity index (χ1) is 18.5. The summed E-state index contributed by atoms with van der Waals surface area (Å²) >= 11 is 6.39. The summed E-state index contributed by atoms with van der Waals surface area (Å²) in [5, 5.41) is 3.49. The summed E-state index contributed by atoms with van der Waals surface area (Å²) in [6.07, 6.45) is 2.62. The van der Waals surface area contributed by atoms with E-state index in [0.717, 1.165) is 18.2 Å². The van der Waals surface area contributed by atoms with Crippen LogP contribution in [0.4, 0.5) is 5.69 Å². The lowest BCUT2D eigenvalue weighted by Crippen LogP contribution is -2.50. The van der Waals surface area contributed by atoms with Crippen molar-refractivity contribution in [2.24, 2.45) is 0 Å². The number of fused-ring (bicyclic) bond motifs is 1. The fourth-order valence-corrected chi connectivity index (χ4v) is 5.51. The lowest BCUT2D eigenvalue weighted by Gasteiger charge is -2.32. The topological polar surface area (TPSA) is 105 Å². The maximum atomic E-state index is 13.6. The van der Waals surface area contributed by atoms with Crippen molar-refractivity contribution in [3.8, 4) is 11.5 Å². The largest absolute Gasteiger partial charge is 0.486 e. The van der Waals surface area contributed by atoms with Crippen molar-refractivity contribution in [3.63, 3.8) is 0 Å². The van der Waals surface area contributed by atoms with Crippen LogP contribution in [0.25, 0.3) is 0 Å². The van der Waals surface area contributed by atoms with Crippen molar-refractivity contribution in [2.75, 3.05) is 30.3 Å². The first-order valence-corrected chi connectivity index (χ1v) is 15.5. The maximum Gasteiger partial charge on any atom is 0.243 e. The number of nitrogens with one attached hydrogen (secondary N) is 1. The van der Waals surface area contributed by atoms with E-state index in [1.807, 2.05) is 39.0 Å². The fraction of sp³-hybridized carbons (Fsp3) is 0.500. The van der Waals surface area contributed by atoms with Gasteiger partial charge in [-0.05, 0) is 49.9 Å². The van der Waals surface area contributed by atoms with E-state index >= 15 is 0 Å². The van der Waals surface area contributed by atoms with E-state index in [1.54, 1.807) is 29.2 Å². The number of rotatable bonds is 13. The van der Waals surface area contributed by atoms with Gasteiger partial charge in [-0.2, -0.15) is 0 Å². The van der Waals surface area contributed by atoms with Crippen molar-refractivity contribution in [2.45, 2.75) is 65.1 Å². The smallest absolute Gasteiger partial charge is 0.243 e. The monoisotopic (exact) mass is 579 g/mol. The normalized spacial score (nSPS) is 14.3. The van der Waals surface area contributed by atoms with Crippen LogP contribution in [-0.4, -0.2) is 63.2 Å². The van der Waals surface area contributed by atoms with Crippen molar-refractivity contribution < 1.29 is 27.5 Å². The van der Waals surface area contributed by atoms with Gasteiger partial charge in [-0.1, -0.05) is 43.6 Å². The number of anilines is 1. The molecule has 214 valence electrons. The summed E-state index contributed by atoms with van der Waals surface area (Å²) in [4.78, 5) is 28.3. The molecule has 0 saturated heterocycles. The molecule has 0 bridgehead atoms. The quantitative estimate of drug-likeness (QED) is 0.378. The Morgan fingerprint density at radius 1 is 1.05 bits per heavy atom. The van der Waals surface area contributed by atoms with Crippen LogP contribution >= 0.6 is 11.6 Å². The van der Waals surface area contributed by atoms with Crippen molar-refractivity contribution >= 4 is 39.1 Å². The van der Waals surface area contributed by atoms with Gasteiger partial charge in [0, 0.05) is 36.6 Å². The number of ether oxygens (including phenoxy) is 2. The van der Waals surface area contributed by atoms with Crippen LogP contribution in [0.3, 0.4) is 0 Å². The Hall–Kier alpha value is -2.98. The van der Waals surface area contributed by atoms with Crippen LogP contribution in [0.1, 0.15) is 52.0 Å². The molecule has 39 heavy (non-hydrogen) atoms. The molecule has 0 fully saturated rings. The molecule has 0 saturated carbocycles. The minimum absolute atomic E-state index is 0.0295. The SMILES string of the molecule is CC[C@@H](C)NC(=O)[C@@H](CC)N(Cc1ccccc1Cl)C(=O)CCCN(c1ccc2c(c1)OCCO2)S(C)(=O)=O. The van der Waals surface area contributed by atoms with Gasteiger partial charge in [0.15, 0.2) is 11.5 Å². The van der Waals surface area contributed by atoms with Gasteiger partial charge in [0.05, 0.1) is 11.9 Å². The number of halogens is 1. The molecule has 11 heteroatoms. The Morgan fingerprint density at radius 2 is 1.74 bits per heavy atom. The predicted molar refractivity (Wildman–Crippen MR) is 153 cm³/mol. The van der Waals surface area contributed by atoms with Gasteiger partial charge in [0.25, 0.3) is 0 Å². The first-order valence-electron chi connectivity index (χ1n) is 13.3. The average Bonchev–Trinajstić information content (AvgIpc) is 2.90. The predicted octanol–water partition coefficient (Wildman–Crippen LogP) is 4.38. The number of nitrogens with zero attached hydrogens (tertiary/aromatic N) is 2. The van der Waals surface area contributed by atoms with E-state index in [4.69, 9.17) is 21.1 Å². The van der Waals surface area contributed by atoms with E-state index in [0.29, 0.717) is 41.8 Å². The highest BCUT2D eigenvalue weighted by Gasteiger charge is 2.30. The summed E-state index contributed by atoms with van der Waals surface area (Å²) in [7, 11) is -3.64. The van der Waals surface area contributed by atoms with Crippen molar-refractivity contribution in [3.05, 3.63) is 53.1 Å². The molecule has 1 aliphatic rings. The Morgan fingerprint density at radius 3 is 2.38 bits per heavy atom. The molecule has 1 N–H and O–H groups in total. The summed E-state index contributed by atoms with van der Waals surface area (Å²) in [5.74, 6) is 0.565. The van der Waals surface area contributed by atoms with Crippen LogP contribution in [0, 0.1) is 0 Å². The molecule has 2 aromatic carbocycles. The van der Waals surface area contributed by atoms with Gasteiger partial charge >= 0.3 is 0 Å². The minimum Gasteiger partial charge on any atom is -0.486 e. The molecule has 1 heterocycles. The second kappa shape index (κ2) is 13.9. The third-order valence-corrected chi connectivity index (χ3v) is 8.21. The van der Waals surface area contributed by atoms with Crippen LogP contribution in [0.5, 0.6) is 11.5 Å². The number of sulfonamides is 1. The Kier molecular flexibility index (Phi) is 10.9. The Balaban J connectivity index is 1.78. The van der Waals surface area contributed by atoms with Gasteiger partial charge in [-0.3, -0.25) is 13.9 Å². The minimum atomic E-state index is -3.64. The van der Waals surface area contributed by atoms with Gasteiger partial charge in [0.2, 0.25) is 21.8 Å². The summed E-state index contributed by atoms with van der Waals surface area (Å²) in [6, 6.07) is 11.5. The van der Waals surface area contributed by atoms with Crippen LogP contribution in [0.2, 0.25) is 5.02 Å². The number of hydrogen-bond donors (Lipinski definition) is 1. The number of carbonyl (C=O) groups is 2. The average molecular weight is 580 g/mol. The summed E-state index contributed by atoms with van der Waals surface area (Å²) in [6.45, 7) is 6.83. The summed E-state index contributed by atoms with van der Waals surface area (Å²) in [5.41, 5.74) is 1.16. The van der Waals surface area contributed by atoms with E-state index in [9.17, 15) is 18.0 Å². The molecule has 0 unspecified atom stereocenters. The van der Waals surface area contributed by atoms with Gasteiger partial charge in [0.1, 0.15) is 19.3 Å². The van der Waals surface area contributed by atoms with Crippen molar-refractivity contribution in [1.82, 2.24) is 10.2 Å². The number of hydrogen-bond acceptors (Lipinski definition) is 6. The lowest BCUT2D eigenvalue weighted by molar-refractivity contribution is -0.141. The third-order valence-electron chi connectivity index (χ3n) is 6.65. The van der Waals surface area contributed by atoms with Crippen LogP contribution < -0.4 is 19.1 Å². The van der Waals surface area contributed by atoms with Gasteiger partial charge in [-0.15, -0.1) is 0 Å². The highest BCUT2D eigenvalue weighted by molar-refractivity contribution is 7.92. The number of amides is 2. The summed E-state index contributed by atoms with van der Waals surface area (Å²) < 4.78 is 37.7. The van der Waals surface area contributed by atoms with Crippen LogP contribution in [-0.2, 0) is 26.2 Å². The maximum absolute atomic E-state index is 13.6. The zero-order valence-electron chi connectivity index (χ0n) is 23.0. The van der Waals surface area contributed by atoms with E-state index in [1.165, 1.54) is 4.31 Å². The Bertz CT molecular complexity index is 1260. The molecular weight excluding hydrogens is 542 g/mol. The van der Waals surface area contributed by atoms with Gasteiger partial charge in [-0.25, -0.2) is 8.42 Å². The molecule has 0 spiro atoms. The third kappa shape index (κ3) is 8.25. The zero-order valence-corrected chi connectivity index (χ0v) is 24.6. The molecule has 2 amide bonds. The second-order valence-corrected chi connectivity index (χ2v) is 11.9. The number of benzene rings is 2. The first kappa shape index (κ1) is 30.6. The number of carbonyl (C=O) groups excluding carboxylic acids is 2. The molecule has 1 aliphatic heterocycles. The highest BCUT2D eigenvalue weighted by atomic mass is 35.5. The molecule has 2 aromatic rings. The molecular formula is C28H38ClN3O6S. The molecule has 0 aliphatic carbocycles. The molecule has 9 nitrogen and oxygen atoms in total. The molecule has 0 aromatic heterocycles. The Labute approximate surface area is 236 Å². The zero-order chi connectivity index (χ0) is 28.6. The fourth-order valence-electron chi connectivity index (χ4n) is 4.36.